The zero-order valence-electron chi connectivity index (χ0n) is 19.0. The smallest absolute Gasteiger partial charge is 0.291 e. The van der Waals surface area contributed by atoms with Gasteiger partial charge in [0.05, 0.1) is 15.7 Å². The summed E-state index contributed by atoms with van der Waals surface area (Å²) < 4.78 is 5.78. The van der Waals surface area contributed by atoms with E-state index in [1.807, 2.05) is 49.4 Å². The van der Waals surface area contributed by atoms with Gasteiger partial charge in [0.15, 0.2) is 5.76 Å². The van der Waals surface area contributed by atoms with Crippen molar-refractivity contribution < 1.29 is 9.21 Å². The summed E-state index contributed by atoms with van der Waals surface area (Å²) in [5, 5.41) is 15.2. The van der Waals surface area contributed by atoms with E-state index in [9.17, 15) is 4.79 Å². The first-order valence-electron chi connectivity index (χ1n) is 11.2. The number of aryl methyl sites for hydroxylation is 1. The maximum Gasteiger partial charge on any atom is 0.291 e. The molecule has 8 heteroatoms. The monoisotopic (exact) mass is 512 g/mol. The number of benzene rings is 4. The normalized spacial score (nSPS) is 11.3. The van der Waals surface area contributed by atoms with Crippen molar-refractivity contribution in [3.8, 4) is 17.0 Å². The van der Waals surface area contributed by atoms with Crippen LogP contribution >= 0.6 is 23.2 Å². The van der Waals surface area contributed by atoms with Crippen LogP contribution in [0, 0.1) is 6.92 Å². The number of nitrogens with zero attached hydrogens (tertiary/aromatic N) is 3. The van der Waals surface area contributed by atoms with E-state index < -0.39 is 0 Å². The fourth-order valence-corrected chi connectivity index (χ4v) is 4.57. The molecule has 6 nitrogen and oxygen atoms in total. The van der Waals surface area contributed by atoms with Gasteiger partial charge in [0.2, 0.25) is 0 Å². The third kappa shape index (κ3) is 3.90. The third-order valence-corrected chi connectivity index (χ3v) is 6.82. The fraction of sp³-hybridized carbons (Fsp3) is 0.0357. The second-order valence-electron chi connectivity index (χ2n) is 8.36. The van der Waals surface area contributed by atoms with Crippen LogP contribution in [-0.4, -0.2) is 20.9 Å². The Balaban J connectivity index is 1.31. The largest absolute Gasteiger partial charge is 0.451 e. The van der Waals surface area contributed by atoms with E-state index in [2.05, 4.69) is 27.6 Å². The molecule has 0 saturated heterocycles. The summed E-state index contributed by atoms with van der Waals surface area (Å²) in [6.45, 7) is 1.91. The van der Waals surface area contributed by atoms with Crippen LogP contribution in [0.4, 0.5) is 5.69 Å². The van der Waals surface area contributed by atoms with Crippen LogP contribution in [0.2, 0.25) is 10.0 Å². The highest BCUT2D eigenvalue weighted by atomic mass is 35.5. The molecular weight excluding hydrogens is 495 g/mol. The van der Waals surface area contributed by atoms with Gasteiger partial charge in [-0.2, -0.15) is 0 Å². The molecule has 0 radical (unpaired) electrons. The van der Waals surface area contributed by atoms with E-state index in [4.69, 9.17) is 27.6 Å². The van der Waals surface area contributed by atoms with Crippen molar-refractivity contribution >= 4 is 56.6 Å². The van der Waals surface area contributed by atoms with Crippen molar-refractivity contribution in [2.45, 2.75) is 6.92 Å². The number of aromatic nitrogens is 3. The van der Waals surface area contributed by atoms with E-state index in [1.54, 1.807) is 35.1 Å². The minimum absolute atomic E-state index is 0.153. The van der Waals surface area contributed by atoms with Gasteiger partial charge in [-0.05, 0) is 60.3 Å². The quantitative estimate of drug-likeness (QED) is 0.262. The maximum atomic E-state index is 13.0. The van der Waals surface area contributed by atoms with Gasteiger partial charge >= 0.3 is 0 Å². The summed E-state index contributed by atoms with van der Waals surface area (Å²) in [6.07, 6.45) is 0. The van der Waals surface area contributed by atoms with Crippen LogP contribution < -0.4 is 5.32 Å². The Morgan fingerprint density at radius 2 is 1.64 bits per heavy atom. The number of nitrogens with one attached hydrogen (secondary N) is 1. The number of anilines is 1. The number of rotatable bonds is 4. The van der Waals surface area contributed by atoms with E-state index in [-0.39, 0.29) is 11.7 Å². The van der Waals surface area contributed by atoms with E-state index in [0.717, 1.165) is 27.5 Å². The predicted molar refractivity (Wildman–Crippen MR) is 143 cm³/mol. The van der Waals surface area contributed by atoms with Gasteiger partial charge in [-0.25, -0.2) is 0 Å². The Labute approximate surface area is 216 Å². The molecule has 6 aromatic rings. The summed E-state index contributed by atoms with van der Waals surface area (Å²) in [7, 11) is 0. The second-order valence-corrected chi connectivity index (χ2v) is 9.15. The zero-order valence-corrected chi connectivity index (χ0v) is 20.5. The minimum Gasteiger partial charge on any atom is -0.451 e. The summed E-state index contributed by atoms with van der Waals surface area (Å²) in [5.74, 6) is 0.223. The third-order valence-electron chi connectivity index (χ3n) is 6.00. The van der Waals surface area contributed by atoms with Crippen molar-refractivity contribution in [2.75, 3.05) is 5.32 Å². The lowest BCUT2D eigenvalue weighted by molar-refractivity contribution is 0.0997. The number of hydrogen-bond donors (Lipinski definition) is 1. The van der Waals surface area contributed by atoms with Crippen LogP contribution in [0.1, 0.15) is 16.1 Å². The Kier molecular flexibility index (Phi) is 5.48. The molecule has 1 N–H and O–H groups in total. The van der Waals surface area contributed by atoms with E-state index in [1.165, 1.54) is 0 Å². The first-order chi connectivity index (χ1) is 17.5. The van der Waals surface area contributed by atoms with E-state index >= 15 is 0 Å². The Morgan fingerprint density at radius 3 is 2.50 bits per heavy atom. The summed E-state index contributed by atoms with van der Waals surface area (Å²) >= 11 is 12.4. The van der Waals surface area contributed by atoms with Gasteiger partial charge in [-0.1, -0.05) is 65.7 Å². The molecular formula is C28H18Cl2N4O2. The molecule has 0 spiro atoms. The molecule has 0 aliphatic rings. The number of carbonyl (C=O) groups excluding carboxylic acids is 1. The minimum atomic E-state index is -0.386. The van der Waals surface area contributed by atoms with Crippen LogP contribution in [0.3, 0.4) is 0 Å². The van der Waals surface area contributed by atoms with Crippen LogP contribution in [0.15, 0.2) is 89.3 Å². The predicted octanol–water partition coefficient (Wildman–Crippen LogP) is 7.70. The lowest BCUT2D eigenvalue weighted by Gasteiger charge is -2.07. The molecule has 1 amide bonds. The van der Waals surface area contributed by atoms with Gasteiger partial charge in [0, 0.05) is 16.6 Å². The summed E-state index contributed by atoms with van der Waals surface area (Å²) in [5.41, 5.74) is 4.37. The van der Waals surface area contributed by atoms with Gasteiger partial charge < -0.3 is 9.73 Å². The number of halogens is 2. The summed E-state index contributed by atoms with van der Waals surface area (Å²) in [4.78, 5) is 14.6. The highest BCUT2D eigenvalue weighted by Crippen LogP contribution is 2.34. The van der Waals surface area contributed by atoms with Gasteiger partial charge in [-0.3, -0.25) is 4.79 Å². The summed E-state index contributed by atoms with van der Waals surface area (Å²) in [6, 6.07) is 26.4. The topological polar surface area (TPSA) is 73.0 Å². The van der Waals surface area contributed by atoms with Gasteiger partial charge in [-0.15, -0.1) is 15.0 Å². The van der Waals surface area contributed by atoms with Crippen molar-refractivity contribution in [1.29, 1.82) is 0 Å². The van der Waals surface area contributed by atoms with Crippen LogP contribution in [-0.2, 0) is 0 Å². The molecule has 0 fully saturated rings. The van der Waals surface area contributed by atoms with Crippen molar-refractivity contribution in [1.82, 2.24) is 15.0 Å². The average Bonchev–Trinajstić information content (AvgIpc) is 3.53. The molecule has 0 bridgehead atoms. The highest BCUT2D eigenvalue weighted by molar-refractivity contribution is 6.43. The number of hydrogen-bond acceptors (Lipinski definition) is 4. The number of amides is 1. The van der Waals surface area contributed by atoms with Crippen molar-refractivity contribution in [3.63, 3.8) is 0 Å². The van der Waals surface area contributed by atoms with Gasteiger partial charge in [0.1, 0.15) is 16.8 Å². The molecule has 6 rings (SSSR count). The van der Waals surface area contributed by atoms with E-state index in [0.29, 0.717) is 32.6 Å². The average molecular weight is 513 g/mol. The molecule has 0 unspecified atom stereocenters. The van der Waals surface area contributed by atoms with Crippen LogP contribution in [0.5, 0.6) is 0 Å². The maximum absolute atomic E-state index is 13.0. The molecule has 0 aliphatic carbocycles. The van der Waals surface area contributed by atoms with Gasteiger partial charge in [0.25, 0.3) is 5.91 Å². The highest BCUT2D eigenvalue weighted by Gasteiger charge is 2.17. The molecule has 176 valence electrons. The lowest BCUT2D eigenvalue weighted by atomic mass is 10.1. The lowest BCUT2D eigenvalue weighted by Crippen LogP contribution is -2.11. The second kappa shape index (κ2) is 8.82. The Bertz CT molecular complexity index is 1780. The molecule has 0 saturated carbocycles. The van der Waals surface area contributed by atoms with Crippen LogP contribution in [0.25, 0.3) is 38.8 Å². The molecule has 0 atom stereocenters. The molecule has 2 heterocycles. The molecule has 4 aromatic carbocycles. The standard InChI is InChI=1S/C28H18Cl2N4O2/c1-16-14-22-23(33-34(32-22)24-11-4-7-17-6-2-3-8-18(17)24)15-21(16)31-28(35)26-13-12-25(36-26)19-9-5-10-20(29)27(19)30/h2-15H,1H3,(H,31,35). The Morgan fingerprint density at radius 1 is 0.889 bits per heavy atom. The fourth-order valence-electron chi connectivity index (χ4n) is 4.18. The van der Waals surface area contributed by atoms with Crippen molar-refractivity contribution in [3.05, 3.63) is 106 Å². The Hall–Kier alpha value is -4.13. The molecule has 36 heavy (non-hydrogen) atoms. The molecule has 0 aliphatic heterocycles. The van der Waals surface area contributed by atoms with Crippen molar-refractivity contribution in [2.24, 2.45) is 0 Å². The number of furan rings is 1. The first-order valence-corrected chi connectivity index (χ1v) is 11.9. The number of carbonyl (C=O) groups is 1. The molecule has 2 aromatic heterocycles. The first kappa shape index (κ1) is 22.3. The SMILES string of the molecule is Cc1cc2nn(-c3cccc4ccccc34)nc2cc1NC(=O)c1ccc(-c2cccc(Cl)c2Cl)o1. The number of fused-ring (bicyclic) bond motifs is 2. The zero-order chi connectivity index (χ0) is 24.8.